The van der Waals surface area contributed by atoms with E-state index in [-0.39, 0.29) is 11.2 Å². The van der Waals surface area contributed by atoms with Crippen LogP contribution >= 0.6 is 0 Å². The molecule has 152 valence electrons. The van der Waals surface area contributed by atoms with Crippen molar-refractivity contribution in [2.45, 2.75) is 102 Å². The summed E-state index contributed by atoms with van der Waals surface area (Å²) in [6.45, 7) is 3.08. The first-order chi connectivity index (χ1) is 12.7. The van der Waals surface area contributed by atoms with Crippen LogP contribution in [-0.2, 0) is 20.9 Å². The molecule has 4 nitrogen and oxygen atoms in total. The number of nitrogens with one attached hydrogen (secondary N) is 1. The van der Waals surface area contributed by atoms with Gasteiger partial charge in [0.05, 0.1) is 7.11 Å². The van der Waals surface area contributed by atoms with Crippen LogP contribution in [0.1, 0.15) is 96.8 Å². The van der Waals surface area contributed by atoms with Crippen molar-refractivity contribution in [2.75, 3.05) is 13.7 Å². The van der Waals surface area contributed by atoms with Gasteiger partial charge in [-0.25, -0.2) is 0 Å². The van der Waals surface area contributed by atoms with Crippen LogP contribution in [-0.4, -0.2) is 29.4 Å². The van der Waals surface area contributed by atoms with Crippen molar-refractivity contribution in [2.24, 2.45) is 0 Å². The van der Waals surface area contributed by atoms with Crippen LogP contribution in [0.2, 0.25) is 0 Å². The molecule has 0 aliphatic heterocycles. The summed E-state index contributed by atoms with van der Waals surface area (Å²) < 4.78 is 20.2. The molecular weight excluding hydrogens is 346 g/mol. The fourth-order valence-corrected chi connectivity index (χ4v) is 4.57. The van der Waals surface area contributed by atoms with Gasteiger partial charge in [-0.2, -0.15) is 0 Å². The van der Waals surface area contributed by atoms with Gasteiger partial charge in [0.15, 0.2) is 0 Å². The maximum atomic E-state index is 12.4. The van der Waals surface area contributed by atoms with E-state index in [4.69, 9.17) is 0 Å². The van der Waals surface area contributed by atoms with E-state index in [0.29, 0.717) is 6.42 Å². The molecule has 2 atom stereocenters. The lowest BCUT2D eigenvalue weighted by Crippen LogP contribution is -2.35. The van der Waals surface area contributed by atoms with Crippen LogP contribution in [0.15, 0.2) is 11.6 Å². The molecule has 0 radical (unpaired) electrons. The van der Waals surface area contributed by atoms with E-state index in [0.717, 1.165) is 57.9 Å². The van der Waals surface area contributed by atoms with E-state index in [9.17, 15) is 9.35 Å². The second kappa shape index (κ2) is 15.5. The van der Waals surface area contributed by atoms with Crippen molar-refractivity contribution in [1.29, 1.82) is 0 Å². The molecule has 0 spiro atoms. The van der Waals surface area contributed by atoms with Gasteiger partial charge in [-0.05, 0) is 32.1 Å². The van der Waals surface area contributed by atoms with Crippen LogP contribution in [0.25, 0.3) is 0 Å². The van der Waals surface area contributed by atoms with Crippen LogP contribution in [0.5, 0.6) is 0 Å². The minimum atomic E-state index is -0.902. The molecule has 2 unspecified atom stereocenters. The highest BCUT2D eigenvalue weighted by molar-refractivity contribution is 7.90. The number of methoxy groups -OCH3 is 1. The molecule has 0 aromatic heterocycles. The maximum absolute atomic E-state index is 12.4. The molecule has 0 aromatic rings. The number of unbranched alkanes of at least 4 members (excludes halogenated alkanes) is 7. The Bertz CT molecular complexity index is 401. The molecule has 26 heavy (non-hydrogen) atoms. The summed E-state index contributed by atoms with van der Waals surface area (Å²) in [7, 11) is 1.44. The standard InChI is InChI=1S/C21H39NO3S/c1-3-4-5-9-12-19-14-16-20(17-15-19)26(24)22-18-11-8-6-7-10-13-21(23)25-2/h14,20,22H,3-13,15-18H2,1-2H3. The zero-order valence-corrected chi connectivity index (χ0v) is 17.7. The number of allylic oxidation sites excluding steroid dienone is 2. The summed E-state index contributed by atoms with van der Waals surface area (Å²) in [6, 6.07) is 0. The van der Waals surface area contributed by atoms with Gasteiger partial charge in [0.1, 0.15) is 5.25 Å². The molecule has 1 N–H and O–H groups in total. The topological polar surface area (TPSA) is 61.4 Å². The van der Waals surface area contributed by atoms with Gasteiger partial charge >= 0.3 is 5.97 Å². The molecule has 0 amide bonds. The molecule has 1 aliphatic carbocycles. The fourth-order valence-electron chi connectivity index (χ4n) is 3.38. The number of carbonyl (C=O) groups excluding carboxylic acids is 1. The Morgan fingerprint density at radius 2 is 1.92 bits per heavy atom. The second-order valence-corrected chi connectivity index (χ2v) is 8.91. The third-order valence-electron chi connectivity index (χ3n) is 5.14. The normalized spacial score (nSPS) is 18.4. The van der Waals surface area contributed by atoms with Crippen molar-refractivity contribution in [3.63, 3.8) is 0 Å². The van der Waals surface area contributed by atoms with Crippen molar-refractivity contribution in [3.05, 3.63) is 11.6 Å². The predicted octanol–water partition coefficient (Wildman–Crippen LogP) is 5.20. The Balaban J connectivity index is 2.00. The average molecular weight is 386 g/mol. The quantitative estimate of drug-likeness (QED) is 0.182. The van der Waals surface area contributed by atoms with Crippen LogP contribution in [0.3, 0.4) is 0 Å². The molecule has 0 fully saturated rings. The van der Waals surface area contributed by atoms with Gasteiger partial charge in [-0.3, -0.25) is 4.79 Å². The minimum Gasteiger partial charge on any atom is -0.598 e. The number of hydrogen-bond donors (Lipinski definition) is 1. The lowest BCUT2D eigenvalue weighted by atomic mass is 9.95. The molecule has 0 saturated heterocycles. The Kier molecular flexibility index (Phi) is 14.0. The second-order valence-electron chi connectivity index (χ2n) is 7.36. The molecule has 1 aliphatic rings. The Labute approximate surface area is 163 Å². The highest BCUT2D eigenvalue weighted by Gasteiger charge is 2.25. The van der Waals surface area contributed by atoms with E-state index in [2.05, 4.69) is 22.5 Å². The van der Waals surface area contributed by atoms with E-state index in [1.165, 1.54) is 39.2 Å². The Morgan fingerprint density at radius 1 is 1.19 bits per heavy atom. The number of rotatable bonds is 15. The van der Waals surface area contributed by atoms with Gasteiger partial charge < -0.3 is 9.29 Å². The molecule has 5 heteroatoms. The SMILES string of the molecule is CCCCCCC1=CCC([S+]([O-])NCCCCCCCC(=O)OC)CC1. The molecule has 0 heterocycles. The maximum Gasteiger partial charge on any atom is 0.305 e. The van der Waals surface area contributed by atoms with Crippen molar-refractivity contribution >= 4 is 17.3 Å². The number of carbonyl (C=O) groups is 1. The summed E-state index contributed by atoms with van der Waals surface area (Å²) >= 11 is -0.902. The van der Waals surface area contributed by atoms with Gasteiger partial charge in [0.25, 0.3) is 0 Å². The van der Waals surface area contributed by atoms with Crippen molar-refractivity contribution in [1.82, 2.24) is 4.72 Å². The molecular formula is C21H39NO3S. The van der Waals surface area contributed by atoms with E-state index in [1.807, 2.05) is 0 Å². The Hall–Kier alpha value is -0.520. The molecule has 0 aromatic carbocycles. The molecule has 0 bridgehead atoms. The van der Waals surface area contributed by atoms with Crippen LogP contribution in [0, 0.1) is 0 Å². The molecule has 0 saturated carbocycles. The largest absolute Gasteiger partial charge is 0.598 e. The number of esters is 1. The van der Waals surface area contributed by atoms with Crippen molar-refractivity contribution in [3.8, 4) is 0 Å². The molecule has 1 rings (SSSR count). The average Bonchev–Trinajstić information content (AvgIpc) is 2.67. The monoisotopic (exact) mass is 385 g/mol. The minimum absolute atomic E-state index is 0.118. The van der Waals surface area contributed by atoms with E-state index < -0.39 is 11.4 Å². The van der Waals surface area contributed by atoms with Crippen LogP contribution in [0.4, 0.5) is 0 Å². The summed E-state index contributed by atoms with van der Waals surface area (Å²) in [5, 5.41) is 0.287. The van der Waals surface area contributed by atoms with Crippen molar-refractivity contribution < 1.29 is 14.1 Å². The first-order valence-corrected chi connectivity index (χ1v) is 11.8. The smallest absolute Gasteiger partial charge is 0.305 e. The summed E-state index contributed by atoms with van der Waals surface area (Å²) in [5.41, 5.74) is 1.58. The van der Waals surface area contributed by atoms with Gasteiger partial charge in [0, 0.05) is 37.2 Å². The zero-order chi connectivity index (χ0) is 19.0. The summed E-state index contributed by atoms with van der Waals surface area (Å²) in [4.78, 5) is 11.0. The Morgan fingerprint density at radius 3 is 2.62 bits per heavy atom. The van der Waals surface area contributed by atoms with Gasteiger partial charge in [-0.1, -0.05) is 57.1 Å². The summed E-state index contributed by atoms with van der Waals surface area (Å²) in [6.07, 6.45) is 17.8. The van der Waals surface area contributed by atoms with E-state index >= 15 is 0 Å². The highest BCUT2D eigenvalue weighted by atomic mass is 32.2. The first kappa shape index (κ1) is 23.5. The zero-order valence-electron chi connectivity index (χ0n) is 16.9. The predicted molar refractivity (Wildman–Crippen MR) is 110 cm³/mol. The van der Waals surface area contributed by atoms with E-state index in [1.54, 1.807) is 5.57 Å². The lowest BCUT2D eigenvalue weighted by Gasteiger charge is -2.24. The number of hydrogen-bond acceptors (Lipinski definition) is 4. The third kappa shape index (κ3) is 11.2. The summed E-state index contributed by atoms with van der Waals surface area (Å²) in [5.74, 6) is -0.118. The third-order valence-corrected chi connectivity index (χ3v) is 6.66. The van der Waals surface area contributed by atoms with Crippen LogP contribution < -0.4 is 4.72 Å². The highest BCUT2D eigenvalue weighted by Crippen LogP contribution is 2.26. The van der Waals surface area contributed by atoms with Gasteiger partial charge in [-0.15, -0.1) is 4.72 Å². The fraction of sp³-hybridized carbons (Fsp3) is 0.857. The number of ether oxygens (including phenoxy) is 1. The van der Waals surface area contributed by atoms with Gasteiger partial charge in [0.2, 0.25) is 0 Å². The first-order valence-electron chi connectivity index (χ1n) is 10.6. The lowest BCUT2D eigenvalue weighted by molar-refractivity contribution is -0.140.